The first-order chi connectivity index (χ1) is 8.29. The van der Waals surface area contributed by atoms with E-state index in [0.29, 0.717) is 11.6 Å². The molecule has 3 heteroatoms. The maximum atomic E-state index is 6.07. The first kappa shape index (κ1) is 11.8. The molecule has 0 saturated carbocycles. The molecule has 0 fully saturated rings. The molecular weight excluding hydrogens is 234 g/mol. The zero-order valence-corrected chi connectivity index (χ0v) is 10.4. The number of benzene rings is 2. The highest BCUT2D eigenvalue weighted by molar-refractivity contribution is 6.33. The van der Waals surface area contributed by atoms with Gasteiger partial charge in [0, 0.05) is 5.69 Å². The topological polar surface area (TPSA) is 21.3 Å². The van der Waals surface area contributed by atoms with Crippen molar-refractivity contribution in [2.24, 2.45) is 0 Å². The van der Waals surface area contributed by atoms with Gasteiger partial charge in [0.05, 0.1) is 17.3 Å². The molecule has 0 unspecified atom stereocenters. The molecular formula is C14H14ClNO. The van der Waals surface area contributed by atoms with Gasteiger partial charge in [-0.2, -0.15) is 0 Å². The van der Waals surface area contributed by atoms with Gasteiger partial charge in [-0.15, -0.1) is 0 Å². The van der Waals surface area contributed by atoms with Crippen LogP contribution in [0.15, 0.2) is 48.5 Å². The summed E-state index contributed by atoms with van der Waals surface area (Å²) in [4.78, 5) is 0. The van der Waals surface area contributed by atoms with Crippen molar-refractivity contribution in [2.75, 3.05) is 11.9 Å². The summed E-state index contributed by atoms with van der Waals surface area (Å²) in [6.07, 6.45) is 0. The van der Waals surface area contributed by atoms with Crippen LogP contribution in [0.3, 0.4) is 0 Å². The molecule has 0 bridgehead atoms. The molecule has 0 amide bonds. The van der Waals surface area contributed by atoms with Crippen molar-refractivity contribution in [3.8, 4) is 5.75 Å². The zero-order valence-electron chi connectivity index (χ0n) is 9.61. The molecule has 0 aliphatic rings. The van der Waals surface area contributed by atoms with Crippen molar-refractivity contribution in [2.45, 2.75) is 6.92 Å². The van der Waals surface area contributed by atoms with Crippen LogP contribution < -0.4 is 10.1 Å². The van der Waals surface area contributed by atoms with Crippen LogP contribution in [0.1, 0.15) is 6.92 Å². The fourth-order valence-corrected chi connectivity index (χ4v) is 1.70. The van der Waals surface area contributed by atoms with Crippen molar-refractivity contribution in [1.29, 1.82) is 0 Å². The Kier molecular flexibility index (Phi) is 3.89. The Morgan fingerprint density at radius 3 is 2.41 bits per heavy atom. The van der Waals surface area contributed by atoms with Gasteiger partial charge in [0.25, 0.3) is 0 Å². The van der Waals surface area contributed by atoms with Crippen molar-refractivity contribution < 1.29 is 4.74 Å². The minimum atomic E-state index is 0.678. The van der Waals surface area contributed by atoms with Gasteiger partial charge in [-0.3, -0.25) is 0 Å². The van der Waals surface area contributed by atoms with Gasteiger partial charge in [-0.1, -0.05) is 23.7 Å². The van der Waals surface area contributed by atoms with E-state index in [2.05, 4.69) is 5.32 Å². The fraction of sp³-hybridized carbons (Fsp3) is 0.143. The highest BCUT2D eigenvalue weighted by atomic mass is 35.5. The molecule has 0 atom stereocenters. The second-order valence-electron chi connectivity index (χ2n) is 3.56. The summed E-state index contributed by atoms with van der Waals surface area (Å²) in [5.41, 5.74) is 1.89. The molecule has 0 saturated heterocycles. The molecule has 0 heterocycles. The van der Waals surface area contributed by atoms with E-state index >= 15 is 0 Å². The van der Waals surface area contributed by atoms with Gasteiger partial charge < -0.3 is 10.1 Å². The predicted molar refractivity (Wildman–Crippen MR) is 72.3 cm³/mol. The zero-order chi connectivity index (χ0) is 12.1. The van der Waals surface area contributed by atoms with Crippen LogP contribution in [-0.2, 0) is 0 Å². The summed E-state index contributed by atoms with van der Waals surface area (Å²) >= 11 is 6.07. The van der Waals surface area contributed by atoms with E-state index in [4.69, 9.17) is 16.3 Å². The molecule has 2 rings (SSSR count). The summed E-state index contributed by atoms with van der Waals surface area (Å²) in [6, 6.07) is 15.5. The summed E-state index contributed by atoms with van der Waals surface area (Å²) in [5, 5.41) is 3.96. The lowest BCUT2D eigenvalue weighted by Crippen LogP contribution is -1.93. The number of nitrogens with one attached hydrogen (secondary N) is 1. The van der Waals surface area contributed by atoms with E-state index in [0.717, 1.165) is 17.1 Å². The largest absolute Gasteiger partial charge is 0.494 e. The lowest BCUT2D eigenvalue weighted by Gasteiger charge is -2.09. The fourth-order valence-electron chi connectivity index (χ4n) is 1.52. The first-order valence-corrected chi connectivity index (χ1v) is 5.92. The van der Waals surface area contributed by atoms with Crippen molar-refractivity contribution in [3.05, 3.63) is 53.6 Å². The standard InChI is InChI=1S/C14H14ClNO/c1-2-17-12-9-7-11(8-10-12)16-14-6-4-3-5-13(14)15/h3-10,16H,2H2,1H3. The van der Waals surface area contributed by atoms with Crippen LogP contribution in [0.25, 0.3) is 0 Å². The minimum Gasteiger partial charge on any atom is -0.494 e. The van der Waals surface area contributed by atoms with E-state index in [-0.39, 0.29) is 0 Å². The van der Waals surface area contributed by atoms with Crippen molar-refractivity contribution >= 4 is 23.0 Å². The number of ether oxygens (including phenoxy) is 1. The third-order valence-corrected chi connectivity index (χ3v) is 2.65. The molecule has 0 aliphatic heterocycles. The molecule has 2 aromatic rings. The van der Waals surface area contributed by atoms with E-state index in [1.807, 2.05) is 55.5 Å². The molecule has 88 valence electrons. The monoisotopic (exact) mass is 247 g/mol. The van der Waals surface area contributed by atoms with Crippen LogP contribution in [0, 0.1) is 0 Å². The van der Waals surface area contributed by atoms with Crippen LogP contribution in [-0.4, -0.2) is 6.61 Å². The van der Waals surface area contributed by atoms with Gasteiger partial charge in [0.2, 0.25) is 0 Å². The van der Waals surface area contributed by atoms with Gasteiger partial charge in [0.15, 0.2) is 0 Å². The van der Waals surface area contributed by atoms with Crippen LogP contribution in [0.2, 0.25) is 5.02 Å². The third-order valence-electron chi connectivity index (χ3n) is 2.32. The SMILES string of the molecule is CCOc1ccc(Nc2ccccc2Cl)cc1. The second-order valence-corrected chi connectivity index (χ2v) is 3.97. The van der Waals surface area contributed by atoms with Crippen LogP contribution in [0.5, 0.6) is 5.75 Å². The number of rotatable bonds is 4. The molecule has 0 aromatic heterocycles. The van der Waals surface area contributed by atoms with Crippen LogP contribution >= 0.6 is 11.6 Å². The average molecular weight is 248 g/mol. The van der Waals surface area contributed by atoms with E-state index in [1.165, 1.54) is 0 Å². The number of para-hydroxylation sites is 1. The summed E-state index contributed by atoms with van der Waals surface area (Å²) in [5.74, 6) is 0.872. The van der Waals surface area contributed by atoms with Gasteiger partial charge in [0.1, 0.15) is 5.75 Å². The Labute approximate surface area is 106 Å². The maximum Gasteiger partial charge on any atom is 0.119 e. The van der Waals surface area contributed by atoms with E-state index in [9.17, 15) is 0 Å². The number of halogens is 1. The van der Waals surface area contributed by atoms with Gasteiger partial charge in [-0.25, -0.2) is 0 Å². The molecule has 0 spiro atoms. The Morgan fingerprint density at radius 1 is 1.06 bits per heavy atom. The quantitative estimate of drug-likeness (QED) is 0.860. The number of hydrogen-bond acceptors (Lipinski definition) is 2. The summed E-state index contributed by atoms with van der Waals surface area (Å²) in [7, 11) is 0. The van der Waals surface area contributed by atoms with Gasteiger partial charge in [-0.05, 0) is 43.3 Å². The Bertz CT molecular complexity index is 482. The molecule has 2 aromatic carbocycles. The summed E-state index contributed by atoms with van der Waals surface area (Å²) in [6.45, 7) is 2.65. The first-order valence-electron chi connectivity index (χ1n) is 5.54. The normalized spacial score (nSPS) is 10.0. The molecule has 17 heavy (non-hydrogen) atoms. The van der Waals surface area contributed by atoms with Crippen molar-refractivity contribution in [3.63, 3.8) is 0 Å². The summed E-state index contributed by atoms with van der Waals surface area (Å²) < 4.78 is 5.38. The molecule has 1 N–H and O–H groups in total. The Morgan fingerprint density at radius 2 is 1.76 bits per heavy atom. The van der Waals surface area contributed by atoms with Crippen LogP contribution in [0.4, 0.5) is 11.4 Å². The Balaban J connectivity index is 2.11. The lowest BCUT2D eigenvalue weighted by molar-refractivity contribution is 0.340. The smallest absolute Gasteiger partial charge is 0.119 e. The number of anilines is 2. The molecule has 0 aliphatic carbocycles. The Hall–Kier alpha value is -1.67. The predicted octanol–water partition coefficient (Wildman–Crippen LogP) is 4.48. The third kappa shape index (κ3) is 3.14. The van der Waals surface area contributed by atoms with E-state index in [1.54, 1.807) is 0 Å². The number of hydrogen-bond donors (Lipinski definition) is 1. The minimum absolute atomic E-state index is 0.678. The second kappa shape index (κ2) is 5.60. The van der Waals surface area contributed by atoms with Gasteiger partial charge >= 0.3 is 0 Å². The van der Waals surface area contributed by atoms with Crippen molar-refractivity contribution in [1.82, 2.24) is 0 Å². The molecule has 0 radical (unpaired) electrons. The molecule has 2 nitrogen and oxygen atoms in total. The maximum absolute atomic E-state index is 6.07. The highest BCUT2D eigenvalue weighted by Crippen LogP contribution is 2.25. The highest BCUT2D eigenvalue weighted by Gasteiger charge is 1.99. The average Bonchev–Trinajstić information content (AvgIpc) is 2.35. The van der Waals surface area contributed by atoms with E-state index < -0.39 is 0 Å². The lowest BCUT2D eigenvalue weighted by atomic mass is 10.2.